The summed E-state index contributed by atoms with van der Waals surface area (Å²) < 4.78 is 5.61. The van der Waals surface area contributed by atoms with Crippen molar-refractivity contribution in [1.82, 2.24) is 5.32 Å². The van der Waals surface area contributed by atoms with Gasteiger partial charge in [0.2, 0.25) is 0 Å². The lowest BCUT2D eigenvalue weighted by Crippen LogP contribution is -2.21. The highest BCUT2D eigenvalue weighted by molar-refractivity contribution is 5.91. The Kier molecular flexibility index (Phi) is 7.39. The molecule has 0 radical (unpaired) electrons. The lowest BCUT2D eigenvalue weighted by atomic mass is 10.1. The largest absolute Gasteiger partial charge is 0.484 e. The Morgan fingerprint density at radius 3 is 2.52 bits per heavy atom. The molecule has 3 rings (SSSR count). The summed E-state index contributed by atoms with van der Waals surface area (Å²) in [7, 11) is 0. The van der Waals surface area contributed by atoms with Crippen molar-refractivity contribution in [2.45, 2.75) is 19.6 Å². The number of carbonyl (C=O) groups is 1. The van der Waals surface area contributed by atoms with Gasteiger partial charge in [0.1, 0.15) is 5.75 Å². The molecule has 3 N–H and O–H groups in total. The van der Waals surface area contributed by atoms with Crippen LogP contribution in [0.3, 0.4) is 0 Å². The molecule has 5 nitrogen and oxygen atoms in total. The molecule has 0 aliphatic rings. The van der Waals surface area contributed by atoms with Gasteiger partial charge in [-0.05, 0) is 42.3 Å². The van der Waals surface area contributed by atoms with Crippen LogP contribution >= 0.6 is 0 Å². The van der Waals surface area contributed by atoms with Crippen molar-refractivity contribution in [2.75, 3.05) is 18.5 Å². The van der Waals surface area contributed by atoms with E-state index in [0.29, 0.717) is 18.8 Å². The van der Waals surface area contributed by atoms with E-state index in [-0.39, 0.29) is 12.5 Å². The number of hydrogen-bond donors (Lipinski definition) is 3. The van der Waals surface area contributed by atoms with Crippen LogP contribution in [0.1, 0.15) is 22.8 Å². The molecule has 0 fully saturated rings. The van der Waals surface area contributed by atoms with Gasteiger partial charge < -0.3 is 20.5 Å². The van der Waals surface area contributed by atoms with Gasteiger partial charge in [0.25, 0.3) is 5.91 Å². The average molecular weight is 390 g/mol. The van der Waals surface area contributed by atoms with Crippen LogP contribution in [0.5, 0.6) is 5.75 Å². The first-order valence-electron chi connectivity index (χ1n) is 9.62. The number of aryl methyl sites for hydroxylation is 1. The highest BCUT2D eigenvalue weighted by Gasteiger charge is 2.07. The predicted octanol–water partition coefficient (Wildman–Crippen LogP) is 3.84. The fraction of sp³-hybridized carbons (Fsp3) is 0.208. The lowest BCUT2D eigenvalue weighted by Gasteiger charge is -2.13. The van der Waals surface area contributed by atoms with Crippen LogP contribution in [0, 0.1) is 6.92 Å². The minimum Gasteiger partial charge on any atom is -0.484 e. The smallest absolute Gasteiger partial charge is 0.262 e. The second-order valence-corrected chi connectivity index (χ2v) is 6.91. The zero-order chi connectivity index (χ0) is 20.5. The summed E-state index contributed by atoms with van der Waals surface area (Å²) in [6.07, 6.45) is -0.555. The van der Waals surface area contributed by atoms with Crippen LogP contribution in [0.15, 0.2) is 78.9 Å². The molecule has 3 aromatic rings. The molecule has 0 spiro atoms. The van der Waals surface area contributed by atoms with Crippen molar-refractivity contribution in [1.29, 1.82) is 0 Å². The maximum absolute atomic E-state index is 12.1. The Morgan fingerprint density at radius 2 is 1.76 bits per heavy atom. The van der Waals surface area contributed by atoms with Crippen LogP contribution < -0.4 is 15.4 Å². The van der Waals surface area contributed by atoms with Gasteiger partial charge in [-0.2, -0.15) is 0 Å². The van der Waals surface area contributed by atoms with Gasteiger partial charge in [0, 0.05) is 18.8 Å². The number of nitrogens with one attached hydrogen (secondary N) is 2. The third kappa shape index (κ3) is 6.75. The molecular formula is C24H26N2O3. The van der Waals surface area contributed by atoms with E-state index in [0.717, 1.165) is 22.4 Å². The standard InChI is InChI=1S/C24H26N2O3/c1-18-10-12-21(13-11-18)26-24(28)17-29-22-9-5-6-19(14-22)15-25-16-23(27)20-7-3-2-4-8-20/h2-14,23,25,27H,15-17H2,1H3,(H,26,28)/t23-/m0/s1. The van der Waals surface area contributed by atoms with E-state index in [1.807, 2.05) is 85.8 Å². The van der Waals surface area contributed by atoms with Gasteiger partial charge in [-0.25, -0.2) is 0 Å². The summed E-state index contributed by atoms with van der Waals surface area (Å²) >= 11 is 0. The van der Waals surface area contributed by atoms with E-state index in [2.05, 4.69) is 10.6 Å². The highest BCUT2D eigenvalue weighted by Crippen LogP contribution is 2.15. The van der Waals surface area contributed by atoms with Gasteiger partial charge >= 0.3 is 0 Å². The zero-order valence-corrected chi connectivity index (χ0v) is 16.5. The summed E-state index contributed by atoms with van der Waals surface area (Å²) in [6.45, 7) is 2.99. The Labute approximate surface area is 171 Å². The van der Waals surface area contributed by atoms with E-state index in [1.54, 1.807) is 0 Å². The Morgan fingerprint density at radius 1 is 1.00 bits per heavy atom. The van der Waals surface area contributed by atoms with E-state index >= 15 is 0 Å². The van der Waals surface area contributed by atoms with E-state index in [4.69, 9.17) is 4.74 Å². The van der Waals surface area contributed by atoms with Crippen LogP contribution in [-0.4, -0.2) is 24.2 Å². The number of ether oxygens (including phenoxy) is 1. The van der Waals surface area contributed by atoms with Crippen LogP contribution in [0.4, 0.5) is 5.69 Å². The van der Waals surface area contributed by atoms with Crippen molar-refractivity contribution < 1.29 is 14.6 Å². The number of hydrogen-bond acceptors (Lipinski definition) is 4. The number of rotatable bonds is 9. The van der Waals surface area contributed by atoms with Crippen molar-refractivity contribution >= 4 is 11.6 Å². The summed E-state index contributed by atoms with van der Waals surface area (Å²) in [6, 6.07) is 24.8. The molecule has 5 heteroatoms. The Bertz CT molecular complexity index is 911. The van der Waals surface area contributed by atoms with Gasteiger partial charge in [-0.15, -0.1) is 0 Å². The monoisotopic (exact) mass is 390 g/mol. The summed E-state index contributed by atoms with van der Waals surface area (Å²) in [5.74, 6) is 0.426. The summed E-state index contributed by atoms with van der Waals surface area (Å²) in [5, 5.41) is 16.3. The molecule has 1 atom stereocenters. The minimum atomic E-state index is -0.555. The van der Waals surface area contributed by atoms with E-state index in [9.17, 15) is 9.90 Å². The topological polar surface area (TPSA) is 70.6 Å². The highest BCUT2D eigenvalue weighted by atomic mass is 16.5. The normalized spacial score (nSPS) is 11.7. The second kappa shape index (κ2) is 10.4. The molecule has 0 saturated carbocycles. The van der Waals surface area contributed by atoms with Crippen molar-refractivity contribution in [3.8, 4) is 5.75 Å². The first kappa shape index (κ1) is 20.6. The number of carbonyl (C=O) groups excluding carboxylic acids is 1. The van der Waals surface area contributed by atoms with Gasteiger partial charge in [-0.1, -0.05) is 60.2 Å². The van der Waals surface area contributed by atoms with Crippen LogP contribution in [0.2, 0.25) is 0 Å². The molecule has 0 aliphatic heterocycles. The fourth-order valence-corrected chi connectivity index (χ4v) is 2.87. The summed E-state index contributed by atoms with van der Waals surface area (Å²) in [4.78, 5) is 12.1. The summed E-state index contributed by atoms with van der Waals surface area (Å²) in [5.41, 5.74) is 3.79. The lowest BCUT2D eigenvalue weighted by molar-refractivity contribution is -0.118. The maximum atomic E-state index is 12.1. The molecule has 1 amide bonds. The molecule has 0 saturated heterocycles. The third-order valence-electron chi connectivity index (χ3n) is 4.45. The first-order chi connectivity index (χ1) is 14.1. The number of benzene rings is 3. The first-order valence-corrected chi connectivity index (χ1v) is 9.62. The number of amides is 1. The SMILES string of the molecule is Cc1ccc(NC(=O)COc2cccc(CNC[C@H](O)c3ccccc3)c2)cc1. The Hall–Kier alpha value is -3.15. The van der Waals surface area contributed by atoms with Gasteiger partial charge in [0.15, 0.2) is 6.61 Å². The molecule has 0 bridgehead atoms. The van der Waals surface area contributed by atoms with Crippen LogP contribution in [-0.2, 0) is 11.3 Å². The maximum Gasteiger partial charge on any atom is 0.262 e. The number of aliphatic hydroxyl groups is 1. The third-order valence-corrected chi connectivity index (χ3v) is 4.45. The molecule has 0 aliphatic carbocycles. The van der Waals surface area contributed by atoms with Crippen molar-refractivity contribution in [3.05, 3.63) is 95.6 Å². The van der Waals surface area contributed by atoms with Gasteiger partial charge in [-0.3, -0.25) is 4.79 Å². The average Bonchev–Trinajstić information content (AvgIpc) is 2.75. The van der Waals surface area contributed by atoms with Gasteiger partial charge in [0.05, 0.1) is 6.10 Å². The number of anilines is 1. The number of aliphatic hydroxyl groups excluding tert-OH is 1. The minimum absolute atomic E-state index is 0.0581. The molecule has 0 heterocycles. The quantitative estimate of drug-likeness (QED) is 0.519. The van der Waals surface area contributed by atoms with E-state index in [1.165, 1.54) is 0 Å². The molecule has 0 aromatic heterocycles. The molecular weight excluding hydrogens is 364 g/mol. The predicted molar refractivity (Wildman–Crippen MR) is 115 cm³/mol. The molecule has 0 unspecified atom stereocenters. The molecule has 29 heavy (non-hydrogen) atoms. The van der Waals surface area contributed by atoms with Crippen molar-refractivity contribution in [3.63, 3.8) is 0 Å². The molecule has 3 aromatic carbocycles. The molecule has 150 valence electrons. The van der Waals surface area contributed by atoms with Crippen molar-refractivity contribution in [2.24, 2.45) is 0 Å². The van der Waals surface area contributed by atoms with E-state index < -0.39 is 6.10 Å². The second-order valence-electron chi connectivity index (χ2n) is 6.91. The fourth-order valence-electron chi connectivity index (χ4n) is 2.87. The zero-order valence-electron chi connectivity index (χ0n) is 16.5. The van der Waals surface area contributed by atoms with Crippen LogP contribution in [0.25, 0.3) is 0 Å². The Balaban J connectivity index is 1.44.